The van der Waals surface area contributed by atoms with Crippen molar-refractivity contribution in [2.75, 3.05) is 13.1 Å². The van der Waals surface area contributed by atoms with Crippen molar-refractivity contribution < 1.29 is 9.59 Å². The predicted molar refractivity (Wildman–Crippen MR) is 81.8 cm³/mol. The van der Waals surface area contributed by atoms with Crippen LogP contribution in [0.15, 0.2) is 18.3 Å². The van der Waals surface area contributed by atoms with Crippen LogP contribution in [0.3, 0.4) is 0 Å². The number of nitrogens with zero attached hydrogens (tertiary/aromatic N) is 1. The van der Waals surface area contributed by atoms with E-state index >= 15 is 0 Å². The number of carbonyl (C=O) groups excluding carboxylic acids is 2. The van der Waals surface area contributed by atoms with E-state index in [0.29, 0.717) is 24.5 Å². The molecular weight excluding hydrogens is 278 g/mol. The van der Waals surface area contributed by atoms with Gasteiger partial charge in [-0.25, -0.2) is 0 Å². The first-order valence-corrected chi connectivity index (χ1v) is 7.74. The summed E-state index contributed by atoms with van der Waals surface area (Å²) in [5.41, 5.74) is 1.58. The number of hydrogen-bond donors (Lipinski definition) is 2. The van der Waals surface area contributed by atoms with Gasteiger partial charge in [-0.3, -0.25) is 19.9 Å². The molecule has 1 aromatic rings. The standard InChI is InChI=1S/C17H19N3O2/c21-16-6-4-14(17(22)20-16)15-5-3-13(11-19-15)2-1-12-7-9-18-10-8-12/h3,5,11-12,14,18H,4,6-10H2,(H,20,21,22). The van der Waals surface area contributed by atoms with Gasteiger partial charge >= 0.3 is 0 Å². The van der Waals surface area contributed by atoms with E-state index in [2.05, 4.69) is 27.5 Å². The van der Waals surface area contributed by atoms with Crippen LogP contribution in [0.1, 0.15) is 42.9 Å². The van der Waals surface area contributed by atoms with Crippen molar-refractivity contribution >= 4 is 11.8 Å². The smallest absolute Gasteiger partial charge is 0.235 e. The number of rotatable bonds is 1. The molecule has 0 bridgehead atoms. The van der Waals surface area contributed by atoms with E-state index in [-0.39, 0.29) is 17.7 Å². The highest BCUT2D eigenvalue weighted by Crippen LogP contribution is 2.23. The molecule has 114 valence electrons. The lowest BCUT2D eigenvalue weighted by atomic mass is 9.94. The summed E-state index contributed by atoms with van der Waals surface area (Å²) < 4.78 is 0. The van der Waals surface area contributed by atoms with Crippen LogP contribution in [0, 0.1) is 17.8 Å². The minimum Gasteiger partial charge on any atom is -0.317 e. The van der Waals surface area contributed by atoms with Gasteiger partial charge in [-0.2, -0.15) is 0 Å². The molecule has 0 aliphatic carbocycles. The summed E-state index contributed by atoms with van der Waals surface area (Å²) in [6.07, 6.45) is 4.80. The van der Waals surface area contributed by atoms with Crippen LogP contribution in [0.2, 0.25) is 0 Å². The average molecular weight is 297 g/mol. The van der Waals surface area contributed by atoms with Crippen LogP contribution in [-0.4, -0.2) is 29.9 Å². The Labute approximate surface area is 129 Å². The highest BCUT2D eigenvalue weighted by molar-refractivity contribution is 6.00. The van der Waals surface area contributed by atoms with Crippen molar-refractivity contribution in [2.45, 2.75) is 31.6 Å². The zero-order valence-corrected chi connectivity index (χ0v) is 12.4. The third-order valence-electron chi connectivity index (χ3n) is 4.14. The molecule has 3 heterocycles. The van der Waals surface area contributed by atoms with Gasteiger partial charge in [-0.1, -0.05) is 11.8 Å². The number of hydrogen-bond acceptors (Lipinski definition) is 4. The largest absolute Gasteiger partial charge is 0.317 e. The van der Waals surface area contributed by atoms with Crippen LogP contribution in [-0.2, 0) is 9.59 Å². The topological polar surface area (TPSA) is 71.1 Å². The lowest BCUT2D eigenvalue weighted by molar-refractivity contribution is -0.134. The lowest BCUT2D eigenvalue weighted by Crippen LogP contribution is -2.39. The maximum absolute atomic E-state index is 11.8. The van der Waals surface area contributed by atoms with Crippen LogP contribution in [0.5, 0.6) is 0 Å². The molecule has 22 heavy (non-hydrogen) atoms. The molecular formula is C17H19N3O2. The maximum Gasteiger partial charge on any atom is 0.235 e. The van der Waals surface area contributed by atoms with E-state index in [0.717, 1.165) is 31.5 Å². The van der Waals surface area contributed by atoms with E-state index < -0.39 is 0 Å². The SMILES string of the molecule is O=C1CCC(c2ccc(C#CC3CCNCC3)cn2)C(=O)N1. The number of carbonyl (C=O) groups is 2. The molecule has 1 unspecified atom stereocenters. The first-order valence-electron chi connectivity index (χ1n) is 7.74. The van der Waals surface area contributed by atoms with Gasteiger partial charge in [0.05, 0.1) is 11.6 Å². The summed E-state index contributed by atoms with van der Waals surface area (Å²) in [6, 6.07) is 3.74. The summed E-state index contributed by atoms with van der Waals surface area (Å²) >= 11 is 0. The van der Waals surface area contributed by atoms with E-state index in [4.69, 9.17) is 0 Å². The van der Waals surface area contributed by atoms with Crippen molar-refractivity contribution in [3.8, 4) is 11.8 Å². The summed E-state index contributed by atoms with van der Waals surface area (Å²) in [7, 11) is 0. The fraction of sp³-hybridized carbons (Fsp3) is 0.471. The molecule has 0 aromatic carbocycles. The van der Waals surface area contributed by atoms with Crippen LogP contribution in [0.25, 0.3) is 0 Å². The van der Waals surface area contributed by atoms with Gasteiger partial charge in [0.25, 0.3) is 0 Å². The molecule has 3 rings (SSSR count). The quantitative estimate of drug-likeness (QED) is 0.598. The first kappa shape index (κ1) is 14.7. The number of pyridine rings is 1. The summed E-state index contributed by atoms with van der Waals surface area (Å²) in [6.45, 7) is 2.07. The van der Waals surface area contributed by atoms with Crippen molar-refractivity contribution in [2.24, 2.45) is 5.92 Å². The molecule has 2 saturated heterocycles. The minimum absolute atomic E-state index is 0.203. The molecule has 1 aromatic heterocycles. The number of aromatic nitrogens is 1. The van der Waals surface area contributed by atoms with Crippen LogP contribution < -0.4 is 10.6 Å². The monoisotopic (exact) mass is 297 g/mol. The molecule has 2 aliphatic heterocycles. The fourth-order valence-corrected chi connectivity index (χ4v) is 2.81. The highest BCUT2D eigenvalue weighted by atomic mass is 16.2. The van der Waals surface area contributed by atoms with Gasteiger partial charge in [-0.05, 0) is 44.5 Å². The Kier molecular flexibility index (Phi) is 4.50. The Balaban J connectivity index is 1.66. The lowest BCUT2D eigenvalue weighted by Gasteiger charge is -2.20. The second-order valence-corrected chi connectivity index (χ2v) is 5.77. The molecule has 2 N–H and O–H groups in total. The van der Waals surface area contributed by atoms with Crippen molar-refractivity contribution in [3.63, 3.8) is 0 Å². The van der Waals surface area contributed by atoms with Crippen molar-refractivity contribution in [3.05, 3.63) is 29.6 Å². The molecule has 0 saturated carbocycles. The Morgan fingerprint density at radius 1 is 1.14 bits per heavy atom. The summed E-state index contributed by atoms with van der Waals surface area (Å²) in [5.74, 6) is 6.13. The normalized spacial score (nSPS) is 22.6. The minimum atomic E-state index is -0.330. The van der Waals surface area contributed by atoms with Gasteiger partial charge in [0, 0.05) is 24.1 Å². The van der Waals surface area contributed by atoms with Gasteiger partial charge in [0.2, 0.25) is 11.8 Å². The molecule has 2 aliphatic rings. The molecule has 2 amide bonds. The zero-order valence-electron chi connectivity index (χ0n) is 12.4. The Morgan fingerprint density at radius 3 is 2.64 bits per heavy atom. The third-order valence-corrected chi connectivity index (χ3v) is 4.14. The summed E-state index contributed by atoms with van der Waals surface area (Å²) in [4.78, 5) is 27.3. The number of amides is 2. The fourth-order valence-electron chi connectivity index (χ4n) is 2.81. The predicted octanol–water partition coefficient (Wildman–Crippen LogP) is 0.953. The third kappa shape index (κ3) is 3.52. The first-order chi connectivity index (χ1) is 10.7. The van der Waals surface area contributed by atoms with Gasteiger partial charge in [0.1, 0.15) is 0 Å². The second-order valence-electron chi connectivity index (χ2n) is 5.77. The van der Waals surface area contributed by atoms with Crippen molar-refractivity contribution in [1.29, 1.82) is 0 Å². The molecule has 5 heteroatoms. The van der Waals surface area contributed by atoms with Crippen LogP contribution >= 0.6 is 0 Å². The maximum atomic E-state index is 11.8. The van der Waals surface area contributed by atoms with Gasteiger partial charge in [0.15, 0.2) is 0 Å². The molecule has 5 nitrogen and oxygen atoms in total. The number of imide groups is 1. The number of nitrogens with one attached hydrogen (secondary N) is 2. The highest BCUT2D eigenvalue weighted by Gasteiger charge is 2.28. The van der Waals surface area contributed by atoms with Crippen molar-refractivity contribution in [1.82, 2.24) is 15.6 Å². The Bertz CT molecular complexity index is 622. The second kappa shape index (κ2) is 6.71. The molecule has 1 atom stereocenters. The zero-order chi connectivity index (χ0) is 15.4. The van der Waals surface area contributed by atoms with E-state index in [1.54, 1.807) is 6.20 Å². The number of piperidine rings is 2. The van der Waals surface area contributed by atoms with E-state index in [1.165, 1.54) is 0 Å². The average Bonchev–Trinajstić information content (AvgIpc) is 2.55. The van der Waals surface area contributed by atoms with Crippen LogP contribution in [0.4, 0.5) is 0 Å². The Morgan fingerprint density at radius 2 is 1.95 bits per heavy atom. The van der Waals surface area contributed by atoms with Gasteiger partial charge in [-0.15, -0.1) is 0 Å². The molecule has 0 radical (unpaired) electrons. The summed E-state index contributed by atoms with van der Waals surface area (Å²) in [5, 5.41) is 5.68. The molecule has 0 spiro atoms. The van der Waals surface area contributed by atoms with E-state index in [1.807, 2.05) is 12.1 Å². The van der Waals surface area contributed by atoms with Gasteiger partial charge < -0.3 is 5.32 Å². The van der Waals surface area contributed by atoms with E-state index in [9.17, 15) is 9.59 Å². The Hall–Kier alpha value is -2.19. The molecule has 2 fully saturated rings.